The van der Waals surface area contributed by atoms with Gasteiger partial charge in [0, 0.05) is 19.9 Å². The predicted molar refractivity (Wildman–Crippen MR) is 92.7 cm³/mol. The van der Waals surface area contributed by atoms with E-state index in [1.165, 1.54) is 33.0 Å². The van der Waals surface area contributed by atoms with Crippen molar-refractivity contribution in [3.05, 3.63) is 35.4 Å². The standard InChI is InChI=1S/C19H21NO7/c1-11(21)26-16-17(23)19(2,27-18(16)20-10-6-9-14(20)22)15-12(24-3)7-5-8-13(15)25-4/h5,7-8H,6,9-10H2,1-4H3. The van der Waals surface area contributed by atoms with E-state index >= 15 is 0 Å². The van der Waals surface area contributed by atoms with Gasteiger partial charge in [-0.1, -0.05) is 6.07 Å². The van der Waals surface area contributed by atoms with Crippen LogP contribution in [-0.4, -0.2) is 43.3 Å². The van der Waals surface area contributed by atoms with E-state index < -0.39 is 17.4 Å². The summed E-state index contributed by atoms with van der Waals surface area (Å²) in [4.78, 5) is 38.4. The van der Waals surface area contributed by atoms with E-state index in [0.29, 0.717) is 36.4 Å². The molecule has 1 amide bonds. The normalized spacial score (nSPS) is 22.1. The second-order valence-corrected chi connectivity index (χ2v) is 6.38. The zero-order chi connectivity index (χ0) is 19.8. The first kappa shape index (κ1) is 18.8. The van der Waals surface area contributed by atoms with Crippen LogP contribution in [0.1, 0.15) is 32.3 Å². The van der Waals surface area contributed by atoms with Crippen LogP contribution in [0.15, 0.2) is 29.8 Å². The third-order valence-electron chi connectivity index (χ3n) is 4.60. The number of hydrogen-bond donors (Lipinski definition) is 0. The molecular weight excluding hydrogens is 354 g/mol. The Bertz CT molecular complexity index is 822. The Kier molecular flexibility index (Phi) is 4.82. The van der Waals surface area contributed by atoms with Gasteiger partial charge in [0.25, 0.3) is 5.78 Å². The average Bonchev–Trinajstić information content (AvgIpc) is 3.17. The minimum Gasteiger partial charge on any atom is -0.496 e. The van der Waals surface area contributed by atoms with Crippen LogP contribution in [0.25, 0.3) is 0 Å². The molecule has 1 unspecified atom stereocenters. The van der Waals surface area contributed by atoms with Crippen molar-refractivity contribution in [3.63, 3.8) is 0 Å². The molecule has 2 aliphatic heterocycles. The second kappa shape index (κ2) is 6.94. The summed E-state index contributed by atoms with van der Waals surface area (Å²) in [5.41, 5.74) is -1.23. The Morgan fingerprint density at radius 3 is 2.30 bits per heavy atom. The molecule has 0 spiro atoms. The van der Waals surface area contributed by atoms with E-state index in [4.69, 9.17) is 18.9 Å². The number of likely N-dealkylation sites (tertiary alicyclic amines) is 1. The number of amides is 1. The first-order chi connectivity index (χ1) is 12.8. The van der Waals surface area contributed by atoms with Gasteiger partial charge in [0.2, 0.25) is 23.2 Å². The van der Waals surface area contributed by atoms with E-state index in [1.54, 1.807) is 18.2 Å². The van der Waals surface area contributed by atoms with Crippen LogP contribution in [0.5, 0.6) is 11.5 Å². The molecule has 0 N–H and O–H groups in total. The molecule has 8 heteroatoms. The maximum absolute atomic E-state index is 13.3. The van der Waals surface area contributed by atoms with Gasteiger partial charge in [-0.2, -0.15) is 0 Å². The lowest BCUT2D eigenvalue weighted by atomic mass is 9.90. The molecule has 1 aromatic carbocycles. The molecule has 0 aliphatic carbocycles. The van der Waals surface area contributed by atoms with Crippen LogP contribution in [0.3, 0.4) is 0 Å². The lowest BCUT2D eigenvalue weighted by Gasteiger charge is -2.28. The van der Waals surface area contributed by atoms with Crippen LogP contribution in [0.4, 0.5) is 0 Å². The number of nitrogens with zero attached hydrogens (tertiary/aromatic N) is 1. The van der Waals surface area contributed by atoms with Crippen LogP contribution >= 0.6 is 0 Å². The first-order valence-electron chi connectivity index (χ1n) is 8.51. The number of carbonyl (C=O) groups is 3. The number of carbonyl (C=O) groups excluding carboxylic acids is 3. The quantitative estimate of drug-likeness (QED) is 0.726. The monoisotopic (exact) mass is 375 g/mol. The summed E-state index contributed by atoms with van der Waals surface area (Å²) < 4.78 is 21.9. The van der Waals surface area contributed by atoms with Crippen LogP contribution in [0.2, 0.25) is 0 Å². The highest BCUT2D eigenvalue weighted by Gasteiger charge is 2.54. The fraction of sp³-hybridized carbons (Fsp3) is 0.421. The molecule has 8 nitrogen and oxygen atoms in total. The van der Waals surface area contributed by atoms with Crippen molar-refractivity contribution >= 4 is 17.7 Å². The molecule has 1 fully saturated rings. The van der Waals surface area contributed by atoms with E-state index in [1.807, 2.05) is 0 Å². The zero-order valence-corrected chi connectivity index (χ0v) is 15.7. The van der Waals surface area contributed by atoms with E-state index in [9.17, 15) is 14.4 Å². The van der Waals surface area contributed by atoms with Crippen molar-refractivity contribution < 1.29 is 33.3 Å². The van der Waals surface area contributed by atoms with Crippen molar-refractivity contribution in [1.29, 1.82) is 0 Å². The minimum absolute atomic E-state index is 0.0480. The molecule has 0 saturated carbocycles. The smallest absolute Gasteiger partial charge is 0.308 e. The summed E-state index contributed by atoms with van der Waals surface area (Å²) in [5, 5.41) is 0. The lowest BCUT2D eigenvalue weighted by molar-refractivity contribution is -0.142. The van der Waals surface area contributed by atoms with Crippen molar-refractivity contribution in [2.45, 2.75) is 32.3 Å². The summed E-state index contributed by atoms with van der Waals surface area (Å²) in [7, 11) is 2.93. The third kappa shape index (κ3) is 3.01. The molecule has 3 rings (SSSR count). The summed E-state index contributed by atoms with van der Waals surface area (Å²) in [6.45, 7) is 3.10. The molecule has 0 radical (unpaired) electrons. The highest BCUT2D eigenvalue weighted by atomic mass is 16.6. The number of esters is 1. The predicted octanol–water partition coefficient (Wildman–Crippen LogP) is 1.87. The third-order valence-corrected chi connectivity index (χ3v) is 4.60. The summed E-state index contributed by atoms with van der Waals surface area (Å²) in [6.07, 6.45) is 0.963. The van der Waals surface area contributed by atoms with Gasteiger partial charge in [-0.05, 0) is 25.5 Å². The number of Topliss-reactive ketones (excluding diaryl/α,β-unsaturated/α-hetero) is 1. The topological polar surface area (TPSA) is 91.4 Å². The number of hydrogen-bond acceptors (Lipinski definition) is 7. The Morgan fingerprint density at radius 1 is 1.19 bits per heavy atom. The Hall–Kier alpha value is -3.03. The fourth-order valence-electron chi connectivity index (χ4n) is 3.36. The van der Waals surface area contributed by atoms with Gasteiger partial charge in [0.05, 0.1) is 19.8 Å². The lowest BCUT2D eigenvalue weighted by Crippen LogP contribution is -2.33. The zero-order valence-electron chi connectivity index (χ0n) is 15.7. The van der Waals surface area contributed by atoms with Gasteiger partial charge in [0.1, 0.15) is 11.5 Å². The van der Waals surface area contributed by atoms with Crippen molar-refractivity contribution in [3.8, 4) is 11.5 Å². The minimum atomic E-state index is -1.58. The number of methoxy groups -OCH3 is 2. The van der Waals surface area contributed by atoms with E-state index in [-0.39, 0.29) is 17.5 Å². The number of ether oxygens (including phenoxy) is 4. The Morgan fingerprint density at radius 2 is 1.81 bits per heavy atom. The van der Waals surface area contributed by atoms with Gasteiger partial charge < -0.3 is 18.9 Å². The van der Waals surface area contributed by atoms with Gasteiger partial charge in [0.15, 0.2) is 0 Å². The Balaban J connectivity index is 2.13. The maximum atomic E-state index is 13.3. The largest absolute Gasteiger partial charge is 0.496 e. The molecule has 1 atom stereocenters. The van der Waals surface area contributed by atoms with Gasteiger partial charge in [-0.3, -0.25) is 19.3 Å². The van der Waals surface area contributed by atoms with Crippen molar-refractivity contribution in [2.75, 3.05) is 20.8 Å². The number of rotatable bonds is 5. The van der Waals surface area contributed by atoms with E-state index in [0.717, 1.165) is 0 Å². The van der Waals surface area contributed by atoms with Crippen molar-refractivity contribution in [1.82, 2.24) is 4.90 Å². The van der Waals surface area contributed by atoms with Gasteiger partial charge >= 0.3 is 5.97 Å². The molecule has 0 aromatic heterocycles. The summed E-state index contributed by atoms with van der Waals surface area (Å²) in [6, 6.07) is 5.06. The fourth-order valence-corrected chi connectivity index (χ4v) is 3.36. The molecule has 2 aliphatic rings. The maximum Gasteiger partial charge on any atom is 0.308 e. The van der Waals surface area contributed by atoms with Crippen molar-refractivity contribution in [2.24, 2.45) is 0 Å². The first-order valence-corrected chi connectivity index (χ1v) is 8.51. The molecule has 144 valence electrons. The number of ketones is 1. The summed E-state index contributed by atoms with van der Waals surface area (Å²) >= 11 is 0. The van der Waals surface area contributed by atoms with E-state index in [2.05, 4.69) is 0 Å². The average molecular weight is 375 g/mol. The Labute approximate surface area is 156 Å². The molecule has 2 heterocycles. The molecule has 1 aromatic rings. The van der Waals surface area contributed by atoms with Crippen LogP contribution < -0.4 is 9.47 Å². The molecule has 27 heavy (non-hydrogen) atoms. The van der Waals surface area contributed by atoms with Crippen LogP contribution in [0, 0.1) is 0 Å². The van der Waals surface area contributed by atoms with Crippen LogP contribution in [-0.2, 0) is 29.5 Å². The van der Waals surface area contributed by atoms with Gasteiger partial charge in [-0.25, -0.2) is 0 Å². The highest BCUT2D eigenvalue weighted by Crippen LogP contribution is 2.47. The number of benzene rings is 1. The molecule has 0 bridgehead atoms. The van der Waals surface area contributed by atoms with Gasteiger partial charge in [-0.15, -0.1) is 0 Å². The molecule has 1 saturated heterocycles. The second-order valence-electron chi connectivity index (χ2n) is 6.38. The summed E-state index contributed by atoms with van der Waals surface area (Å²) in [5.74, 6) is -1.04. The SMILES string of the molecule is COc1cccc(OC)c1C1(C)OC(N2CCCC2=O)=C(OC(C)=O)C1=O. The molecular formula is C19H21NO7. The highest BCUT2D eigenvalue weighted by molar-refractivity contribution is 6.05.